The molecule has 2 heterocycles. The standard InChI is InChI=1S/C25H20N2O6/c1-2-33-25(31)20-18-19(21-17(22(20)28)15-10-6-7-11-16(15)26-21)24(30)27(23(18)29)13-32-12-14-8-4-3-5-9-14/h3-11,26,28H,2,12-13H2,1H3. The third-order valence-electron chi connectivity index (χ3n) is 5.66. The topological polar surface area (TPSA) is 109 Å². The number of benzene rings is 3. The summed E-state index contributed by atoms with van der Waals surface area (Å²) >= 11 is 0. The van der Waals surface area contributed by atoms with Gasteiger partial charge in [0, 0.05) is 10.9 Å². The van der Waals surface area contributed by atoms with Crippen molar-refractivity contribution in [3.63, 3.8) is 0 Å². The van der Waals surface area contributed by atoms with Gasteiger partial charge in [-0.05, 0) is 18.6 Å². The lowest BCUT2D eigenvalue weighted by Crippen LogP contribution is -2.32. The molecule has 0 radical (unpaired) electrons. The van der Waals surface area contributed by atoms with Crippen molar-refractivity contribution in [2.75, 3.05) is 13.3 Å². The second kappa shape index (κ2) is 8.07. The van der Waals surface area contributed by atoms with Gasteiger partial charge in [0.15, 0.2) is 0 Å². The minimum atomic E-state index is -0.869. The highest BCUT2D eigenvalue weighted by Crippen LogP contribution is 2.43. The Hall–Kier alpha value is -4.17. The van der Waals surface area contributed by atoms with Crippen LogP contribution in [0.3, 0.4) is 0 Å². The molecular weight excluding hydrogens is 424 g/mol. The van der Waals surface area contributed by atoms with Gasteiger partial charge in [-0.2, -0.15) is 0 Å². The number of carbonyl (C=O) groups is 3. The summed E-state index contributed by atoms with van der Waals surface area (Å²) in [5.41, 5.74) is 1.37. The number of hydrogen-bond donors (Lipinski definition) is 2. The van der Waals surface area contributed by atoms with Crippen molar-refractivity contribution in [3.8, 4) is 5.75 Å². The lowest BCUT2D eigenvalue weighted by molar-refractivity contribution is 0.0203. The molecule has 2 N–H and O–H groups in total. The number of fused-ring (bicyclic) bond motifs is 5. The van der Waals surface area contributed by atoms with Gasteiger partial charge in [0.2, 0.25) is 0 Å². The number of imide groups is 1. The molecule has 8 heteroatoms. The second-order valence-corrected chi connectivity index (χ2v) is 7.62. The Bertz CT molecular complexity index is 1420. The van der Waals surface area contributed by atoms with Gasteiger partial charge >= 0.3 is 5.97 Å². The van der Waals surface area contributed by atoms with Crippen LogP contribution in [-0.4, -0.2) is 46.1 Å². The number of aromatic nitrogens is 1. The smallest absolute Gasteiger partial charge is 0.342 e. The SMILES string of the molecule is CCOC(=O)c1c2c(c3[nH]c4ccccc4c3c1O)C(=O)N(COCc1ccccc1)C2=O. The van der Waals surface area contributed by atoms with Crippen molar-refractivity contribution < 1.29 is 29.0 Å². The Morgan fingerprint density at radius 3 is 2.45 bits per heavy atom. The molecule has 0 bridgehead atoms. The van der Waals surface area contributed by atoms with Crippen molar-refractivity contribution >= 4 is 39.6 Å². The van der Waals surface area contributed by atoms with Crippen LogP contribution in [0.1, 0.15) is 43.6 Å². The van der Waals surface area contributed by atoms with E-state index in [1.54, 1.807) is 31.2 Å². The van der Waals surface area contributed by atoms with E-state index in [1.807, 2.05) is 30.3 Å². The number of nitrogens with zero attached hydrogens (tertiary/aromatic N) is 1. The van der Waals surface area contributed by atoms with E-state index in [4.69, 9.17) is 9.47 Å². The average Bonchev–Trinajstić information content (AvgIpc) is 3.31. The molecule has 2 amide bonds. The van der Waals surface area contributed by atoms with Crippen LogP contribution in [0.4, 0.5) is 0 Å². The van der Waals surface area contributed by atoms with Gasteiger partial charge in [-0.3, -0.25) is 9.59 Å². The van der Waals surface area contributed by atoms with E-state index < -0.39 is 23.5 Å². The number of amides is 2. The Kier molecular flexibility index (Phi) is 5.07. The average molecular weight is 444 g/mol. The summed E-state index contributed by atoms with van der Waals surface area (Å²) in [5, 5.41) is 12.0. The fourth-order valence-corrected chi connectivity index (χ4v) is 4.21. The number of rotatable bonds is 6. The molecule has 1 aromatic heterocycles. The highest BCUT2D eigenvalue weighted by atomic mass is 16.5. The van der Waals surface area contributed by atoms with E-state index in [1.165, 1.54) is 0 Å². The molecular formula is C25H20N2O6. The summed E-state index contributed by atoms with van der Waals surface area (Å²) in [7, 11) is 0. The summed E-state index contributed by atoms with van der Waals surface area (Å²) < 4.78 is 10.7. The summed E-state index contributed by atoms with van der Waals surface area (Å²) in [5.74, 6) is -2.59. The number of esters is 1. The molecule has 0 saturated carbocycles. The minimum absolute atomic E-state index is 0.0235. The van der Waals surface area contributed by atoms with Crippen LogP contribution in [0.5, 0.6) is 5.75 Å². The normalized spacial score (nSPS) is 13.2. The number of ether oxygens (including phenoxy) is 2. The monoisotopic (exact) mass is 444 g/mol. The van der Waals surface area contributed by atoms with E-state index in [9.17, 15) is 19.5 Å². The molecule has 1 aliphatic rings. The van der Waals surface area contributed by atoms with Crippen LogP contribution >= 0.6 is 0 Å². The zero-order chi connectivity index (χ0) is 23.1. The zero-order valence-electron chi connectivity index (χ0n) is 17.8. The lowest BCUT2D eigenvalue weighted by atomic mass is 9.96. The largest absolute Gasteiger partial charge is 0.506 e. The van der Waals surface area contributed by atoms with E-state index in [2.05, 4.69) is 4.98 Å². The number of aromatic hydroxyl groups is 1. The van der Waals surface area contributed by atoms with Gasteiger partial charge < -0.3 is 19.6 Å². The molecule has 0 aliphatic carbocycles. The van der Waals surface area contributed by atoms with E-state index in [0.717, 1.165) is 10.5 Å². The first-order valence-electron chi connectivity index (χ1n) is 10.5. The van der Waals surface area contributed by atoms with E-state index in [0.29, 0.717) is 21.8 Å². The van der Waals surface area contributed by atoms with Crippen LogP contribution in [0, 0.1) is 0 Å². The fourth-order valence-electron chi connectivity index (χ4n) is 4.21. The quantitative estimate of drug-likeness (QED) is 0.344. The molecule has 5 rings (SSSR count). The molecule has 33 heavy (non-hydrogen) atoms. The first-order valence-corrected chi connectivity index (χ1v) is 10.5. The number of nitrogens with one attached hydrogen (secondary N) is 1. The highest BCUT2D eigenvalue weighted by molar-refractivity contribution is 6.32. The van der Waals surface area contributed by atoms with Gasteiger partial charge in [0.1, 0.15) is 18.0 Å². The molecule has 3 aromatic carbocycles. The lowest BCUT2D eigenvalue weighted by Gasteiger charge is -2.14. The van der Waals surface area contributed by atoms with E-state index in [-0.39, 0.29) is 36.6 Å². The van der Waals surface area contributed by atoms with Crippen molar-refractivity contribution in [2.24, 2.45) is 0 Å². The molecule has 0 saturated heterocycles. The number of para-hydroxylation sites is 1. The number of carbonyl (C=O) groups excluding carboxylic acids is 3. The maximum absolute atomic E-state index is 13.4. The third-order valence-corrected chi connectivity index (χ3v) is 5.66. The van der Waals surface area contributed by atoms with Gasteiger partial charge in [-0.15, -0.1) is 0 Å². The first-order chi connectivity index (χ1) is 16.0. The van der Waals surface area contributed by atoms with Crippen molar-refractivity contribution in [1.29, 1.82) is 0 Å². The summed E-state index contributed by atoms with van der Waals surface area (Å²) in [4.78, 5) is 43.5. The second-order valence-electron chi connectivity index (χ2n) is 7.62. The van der Waals surface area contributed by atoms with Crippen LogP contribution < -0.4 is 0 Å². The Morgan fingerprint density at radius 2 is 1.70 bits per heavy atom. The summed E-state index contributed by atoms with van der Waals surface area (Å²) in [6, 6.07) is 16.5. The Labute approximate surface area is 188 Å². The van der Waals surface area contributed by atoms with Crippen LogP contribution in [-0.2, 0) is 16.1 Å². The summed E-state index contributed by atoms with van der Waals surface area (Å²) in [6.45, 7) is 1.57. The van der Waals surface area contributed by atoms with Gasteiger partial charge in [-0.25, -0.2) is 9.69 Å². The fraction of sp³-hybridized carbons (Fsp3) is 0.160. The molecule has 0 unspecified atom stereocenters. The number of H-pyrrole nitrogens is 1. The number of hydrogen-bond acceptors (Lipinski definition) is 6. The Morgan fingerprint density at radius 1 is 1.00 bits per heavy atom. The minimum Gasteiger partial charge on any atom is -0.506 e. The Balaban J connectivity index is 1.62. The van der Waals surface area contributed by atoms with Crippen molar-refractivity contribution in [3.05, 3.63) is 76.9 Å². The first kappa shape index (κ1) is 20.7. The predicted octanol–water partition coefficient (Wildman–Crippen LogP) is 3.97. The maximum atomic E-state index is 13.4. The third kappa shape index (κ3) is 3.23. The number of phenols is 1. The maximum Gasteiger partial charge on any atom is 0.342 e. The van der Waals surface area contributed by atoms with Gasteiger partial charge in [0.05, 0.1) is 35.2 Å². The zero-order valence-corrected chi connectivity index (χ0v) is 17.8. The molecule has 1 aliphatic heterocycles. The molecule has 0 fully saturated rings. The van der Waals surface area contributed by atoms with Crippen LogP contribution in [0.15, 0.2) is 54.6 Å². The number of phenolic OH excluding ortho intramolecular Hbond substituents is 1. The van der Waals surface area contributed by atoms with Gasteiger partial charge in [0.25, 0.3) is 11.8 Å². The summed E-state index contributed by atoms with van der Waals surface area (Å²) in [6.07, 6.45) is 0. The molecule has 0 atom stereocenters. The van der Waals surface area contributed by atoms with Crippen molar-refractivity contribution in [1.82, 2.24) is 9.88 Å². The van der Waals surface area contributed by atoms with Crippen LogP contribution in [0.2, 0.25) is 0 Å². The molecule has 4 aromatic rings. The number of aromatic amines is 1. The predicted molar refractivity (Wildman–Crippen MR) is 120 cm³/mol. The molecule has 8 nitrogen and oxygen atoms in total. The van der Waals surface area contributed by atoms with Crippen molar-refractivity contribution in [2.45, 2.75) is 13.5 Å². The van der Waals surface area contributed by atoms with Gasteiger partial charge in [-0.1, -0.05) is 48.5 Å². The van der Waals surface area contributed by atoms with Crippen LogP contribution in [0.25, 0.3) is 21.8 Å². The molecule has 166 valence electrons. The highest BCUT2D eigenvalue weighted by Gasteiger charge is 2.43. The van der Waals surface area contributed by atoms with E-state index >= 15 is 0 Å². The molecule has 0 spiro atoms.